The molecule has 0 saturated heterocycles. The fourth-order valence-electron chi connectivity index (χ4n) is 2.21. The Labute approximate surface area is 151 Å². The van der Waals surface area contributed by atoms with Gasteiger partial charge in [-0.05, 0) is 5.56 Å². The molecule has 0 nitrogen and oxygen atoms in total. The Morgan fingerprint density at radius 1 is 0.700 bits per heavy atom. The molecule has 0 amide bonds. The van der Waals surface area contributed by atoms with Crippen molar-refractivity contribution in [2.45, 2.75) is 6.42 Å². The van der Waals surface area contributed by atoms with Crippen molar-refractivity contribution in [1.29, 1.82) is 0 Å². The second-order valence-corrected chi connectivity index (χ2v) is 4.15. The summed E-state index contributed by atoms with van der Waals surface area (Å²) in [5.74, 6) is 0. The minimum atomic E-state index is 0. The number of hydrogen-bond donors (Lipinski definition) is 0. The molecule has 1 radical (unpaired) electrons. The zero-order chi connectivity index (χ0) is 11.5. The minimum Gasteiger partial charge on any atom is -1.00 e. The van der Waals surface area contributed by atoms with E-state index in [0.717, 1.165) is 6.42 Å². The Balaban J connectivity index is 0.00000120. The summed E-state index contributed by atoms with van der Waals surface area (Å²) in [7, 11) is 0. The van der Waals surface area contributed by atoms with Crippen LogP contribution in [0, 0.1) is 6.08 Å². The van der Waals surface area contributed by atoms with Crippen LogP contribution in [0.2, 0.25) is 0 Å². The SMILES string of the molecule is [C-]1=CC(c2ccccc2)=C(c2ccccc2)C1.[Cl-].[Cl-].[Zr+3]. The Hall–Kier alpha value is -0.617. The van der Waals surface area contributed by atoms with E-state index in [2.05, 4.69) is 72.8 Å². The average Bonchev–Trinajstić information content (AvgIpc) is 2.90. The molecule has 20 heavy (non-hydrogen) atoms. The predicted molar refractivity (Wildman–Crippen MR) is 72.1 cm³/mol. The van der Waals surface area contributed by atoms with E-state index < -0.39 is 0 Å². The third kappa shape index (κ3) is 4.19. The molecule has 3 rings (SSSR count). The first-order chi connectivity index (χ1) is 8.45. The number of benzene rings is 2. The van der Waals surface area contributed by atoms with Crippen molar-refractivity contribution in [3.05, 3.63) is 83.9 Å². The Bertz CT molecular complexity index is 574. The maximum absolute atomic E-state index is 3.32. The van der Waals surface area contributed by atoms with Gasteiger partial charge >= 0.3 is 26.2 Å². The van der Waals surface area contributed by atoms with E-state index in [1.54, 1.807) is 0 Å². The van der Waals surface area contributed by atoms with Gasteiger partial charge in [0.15, 0.2) is 0 Å². The van der Waals surface area contributed by atoms with E-state index in [0.29, 0.717) is 0 Å². The van der Waals surface area contributed by atoms with Gasteiger partial charge in [0.1, 0.15) is 0 Å². The summed E-state index contributed by atoms with van der Waals surface area (Å²) in [4.78, 5) is 0. The molecule has 2 aromatic rings. The molecule has 0 saturated carbocycles. The van der Waals surface area contributed by atoms with Crippen LogP contribution in [-0.4, -0.2) is 0 Å². The van der Waals surface area contributed by atoms with Crippen molar-refractivity contribution in [3.63, 3.8) is 0 Å². The molecular formula is C17H13Cl2Zr. The monoisotopic (exact) mass is 377 g/mol. The van der Waals surface area contributed by atoms with Crippen LogP contribution in [0.15, 0.2) is 66.7 Å². The summed E-state index contributed by atoms with van der Waals surface area (Å²) in [5.41, 5.74) is 5.25. The summed E-state index contributed by atoms with van der Waals surface area (Å²) in [5, 5.41) is 0. The summed E-state index contributed by atoms with van der Waals surface area (Å²) >= 11 is 0. The zero-order valence-electron chi connectivity index (χ0n) is 10.8. The van der Waals surface area contributed by atoms with Gasteiger partial charge in [-0.2, -0.15) is 5.57 Å². The molecule has 1 aliphatic rings. The van der Waals surface area contributed by atoms with Crippen LogP contribution in [0.25, 0.3) is 11.1 Å². The van der Waals surface area contributed by atoms with Crippen LogP contribution in [-0.2, 0) is 26.2 Å². The first kappa shape index (κ1) is 19.4. The third-order valence-electron chi connectivity index (χ3n) is 3.06. The summed E-state index contributed by atoms with van der Waals surface area (Å²) < 4.78 is 0. The largest absolute Gasteiger partial charge is 3.00 e. The molecule has 0 bridgehead atoms. The van der Waals surface area contributed by atoms with Crippen LogP contribution in [0.1, 0.15) is 17.5 Å². The average molecular weight is 379 g/mol. The normalized spacial score (nSPS) is 12.2. The van der Waals surface area contributed by atoms with Crippen molar-refractivity contribution in [3.8, 4) is 0 Å². The van der Waals surface area contributed by atoms with Crippen LogP contribution in [0.5, 0.6) is 0 Å². The third-order valence-corrected chi connectivity index (χ3v) is 3.06. The fraction of sp³-hybridized carbons (Fsp3) is 0.0588. The van der Waals surface area contributed by atoms with E-state index in [9.17, 15) is 0 Å². The van der Waals surface area contributed by atoms with E-state index in [-0.39, 0.29) is 51.0 Å². The van der Waals surface area contributed by atoms with Gasteiger partial charge in [0.05, 0.1) is 0 Å². The van der Waals surface area contributed by atoms with E-state index >= 15 is 0 Å². The Morgan fingerprint density at radius 2 is 1.20 bits per heavy atom. The van der Waals surface area contributed by atoms with Gasteiger partial charge in [-0.3, -0.25) is 6.08 Å². The van der Waals surface area contributed by atoms with Gasteiger partial charge in [-0.1, -0.05) is 60.7 Å². The summed E-state index contributed by atoms with van der Waals surface area (Å²) in [6.45, 7) is 0. The number of rotatable bonds is 2. The second-order valence-electron chi connectivity index (χ2n) is 4.15. The molecule has 0 atom stereocenters. The molecule has 0 fully saturated rings. The number of allylic oxidation sites excluding steroid dienone is 4. The molecular weight excluding hydrogens is 366 g/mol. The first-order valence-electron chi connectivity index (χ1n) is 5.86. The number of halogens is 2. The molecule has 1 aliphatic carbocycles. The first-order valence-corrected chi connectivity index (χ1v) is 5.86. The fourth-order valence-corrected chi connectivity index (χ4v) is 2.21. The van der Waals surface area contributed by atoms with Crippen molar-refractivity contribution in [2.24, 2.45) is 0 Å². The van der Waals surface area contributed by atoms with Gasteiger partial charge in [0.2, 0.25) is 0 Å². The van der Waals surface area contributed by atoms with Gasteiger partial charge < -0.3 is 24.8 Å². The number of hydrogen-bond acceptors (Lipinski definition) is 0. The molecule has 0 aromatic heterocycles. The van der Waals surface area contributed by atoms with Gasteiger partial charge in [-0.15, -0.1) is 17.6 Å². The minimum absolute atomic E-state index is 0. The molecule has 99 valence electrons. The van der Waals surface area contributed by atoms with Gasteiger partial charge in [0, 0.05) is 0 Å². The van der Waals surface area contributed by atoms with Crippen molar-refractivity contribution >= 4 is 11.1 Å². The Kier molecular flexibility index (Phi) is 9.06. The van der Waals surface area contributed by atoms with Crippen LogP contribution in [0.3, 0.4) is 0 Å². The van der Waals surface area contributed by atoms with E-state index in [1.807, 2.05) is 0 Å². The molecule has 0 heterocycles. The summed E-state index contributed by atoms with van der Waals surface area (Å²) in [6.07, 6.45) is 6.34. The van der Waals surface area contributed by atoms with Gasteiger partial charge in [-0.25, -0.2) is 6.08 Å². The Morgan fingerprint density at radius 3 is 1.75 bits per heavy atom. The van der Waals surface area contributed by atoms with Crippen molar-refractivity contribution < 1.29 is 51.0 Å². The maximum Gasteiger partial charge on any atom is 3.00 e. The topological polar surface area (TPSA) is 0 Å². The molecule has 0 spiro atoms. The van der Waals surface area contributed by atoms with Crippen LogP contribution < -0.4 is 24.8 Å². The maximum atomic E-state index is 3.32. The second kappa shape index (κ2) is 9.34. The smallest absolute Gasteiger partial charge is 1.00 e. The zero-order valence-corrected chi connectivity index (χ0v) is 14.8. The predicted octanol–water partition coefficient (Wildman–Crippen LogP) is -1.63. The van der Waals surface area contributed by atoms with Crippen molar-refractivity contribution in [1.82, 2.24) is 0 Å². The molecule has 2 aromatic carbocycles. The standard InChI is InChI=1S/C17H13.2ClH.Zr/c1-3-8-14(9-4-1)16-12-7-13-17(16)15-10-5-2-6-11-15;;;/h1-6,8-12H,13H2;2*1H;/q-1;;;+3/p-2. The van der Waals surface area contributed by atoms with E-state index in [4.69, 9.17) is 0 Å². The van der Waals surface area contributed by atoms with E-state index in [1.165, 1.54) is 22.3 Å². The van der Waals surface area contributed by atoms with Crippen LogP contribution >= 0.6 is 0 Å². The molecule has 0 aliphatic heterocycles. The molecule has 3 heteroatoms. The molecule has 0 N–H and O–H groups in total. The van der Waals surface area contributed by atoms with Gasteiger partial charge in [0.25, 0.3) is 0 Å². The van der Waals surface area contributed by atoms with Crippen molar-refractivity contribution in [2.75, 3.05) is 0 Å². The molecule has 0 unspecified atom stereocenters. The quantitative estimate of drug-likeness (QED) is 0.550. The summed E-state index contributed by atoms with van der Waals surface area (Å²) in [6, 6.07) is 21.1. The van der Waals surface area contributed by atoms with Crippen LogP contribution in [0.4, 0.5) is 0 Å².